The number of aromatic nitrogens is 1. The predicted molar refractivity (Wildman–Crippen MR) is 97.4 cm³/mol. The maximum absolute atomic E-state index is 12.6. The molecule has 3 rings (SSSR count). The zero-order valence-corrected chi connectivity index (χ0v) is 15.6. The Hall–Kier alpha value is -1.52. The number of hydrogen-bond donors (Lipinski definition) is 1. The van der Waals surface area contributed by atoms with Crippen molar-refractivity contribution in [3.05, 3.63) is 40.9 Å². The Balaban J connectivity index is 1.54. The zero-order valence-electron chi connectivity index (χ0n) is 13.3. The molecule has 1 N–H and O–H groups in total. The molecule has 0 aliphatic carbocycles. The van der Waals surface area contributed by atoms with Crippen molar-refractivity contribution < 1.29 is 13.2 Å². The molecule has 25 heavy (non-hydrogen) atoms. The topological polar surface area (TPSA) is 82.6 Å². The number of halogens is 1. The fourth-order valence-electron chi connectivity index (χ4n) is 2.53. The fourth-order valence-corrected chi connectivity index (χ4v) is 4.62. The van der Waals surface area contributed by atoms with E-state index in [1.54, 1.807) is 23.7 Å². The molecule has 0 atom stereocenters. The highest BCUT2D eigenvalue weighted by atomic mass is 35.5. The van der Waals surface area contributed by atoms with Crippen molar-refractivity contribution in [1.82, 2.24) is 14.2 Å². The number of nitrogens with one attached hydrogen (secondary N) is 1. The second-order valence-electron chi connectivity index (χ2n) is 5.52. The average molecular weight is 401 g/mol. The Kier molecular flexibility index (Phi) is 5.70. The van der Waals surface area contributed by atoms with Crippen LogP contribution in [0.25, 0.3) is 0 Å². The third-order valence-electron chi connectivity index (χ3n) is 3.83. The van der Waals surface area contributed by atoms with Crippen molar-refractivity contribution in [2.24, 2.45) is 0 Å². The molecule has 1 amide bonds. The molecule has 0 saturated carbocycles. The molecule has 1 aliphatic rings. The number of sulfonamides is 1. The second-order valence-corrected chi connectivity index (χ2v) is 8.79. The Morgan fingerprint density at radius 1 is 1.20 bits per heavy atom. The summed E-state index contributed by atoms with van der Waals surface area (Å²) in [4.78, 5) is 18.1. The number of benzene rings is 1. The van der Waals surface area contributed by atoms with Crippen LogP contribution < -0.4 is 5.32 Å². The van der Waals surface area contributed by atoms with Crippen molar-refractivity contribution in [2.75, 3.05) is 38.0 Å². The van der Waals surface area contributed by atoms with E-state index in [4.69, 9.17) is 11.6 Å². The van der Waals surface area contributed by atoms with Gasteiger partial charge in [-0.1, -0.05) is 11.6 Å². The third-order valence-corrected chi connectivity index (χ3v) is 6.68. The first-order valence-electron chi connectivity index (χ1n) is 7.62. The highest BCUT2D eigenvalue weighted by Crippen LogP contribution is 2.20. The van der Waals surface area contributed by atoms with Crippen molar-refractivity contribution in [3.63, 3.8) is 0 Å². The number of hydrogen-bond acceptors (Lipinski definition) is 6. The standard InChI is InChI=1S/C15H17ClN4O3S2/c16-12-1-3-13(4-2-12)25(22,23)20-8-6-19(7-9-20)11-14(21)18-15-17-5-10-24-15/h1-5,10H,6-9,11H2,(H,17,18,21). The summed E-state index contributed by atoms with van der Waals surface area (Å²) in [5.41, 5.74) is 0. The number of carbonyl (C=O) groups is 1. The number of rotatable bonds is 5. The molecule has 0 unspecified atom stereocenters. The Morgan fingerprint density at radius 2 is 1.88 bits per heavy atom. The number of piperazine rings is 1. The summed E-state index contributed by atoms with van der Waals surface area (Å²) in [5, 5.41) is 5.57. The van der Waals surface area contributed by atoms with E-state index in [1.807, 2.05) is 4.90 Å². The minimum absolute atomic E-state index is 0.149. The van der Waals surface area contributed by atoms with Gasteiger partial charge in [-0.3, -0.25) is 9.69 Å². The van der Waals surface area contributed by atoms with Gasteiger partial charge >= 0.3 is 0 Å². The first kappa shape index (κ1) is 18.3. The van der Waals surface area contributed by atoms with Gasteiger partial charge < -0.3 is 5.32 Å². The van der Waals surface area contributed by atoms with Crippen molar-refractivity contribution in [3.8, 4) is 0 Å². The van der Waals surface area contributed by atoms with Crippen LogP contribution in [0.15, 0.2) is 40.7 Å². The van der Waals surface area contributed by atoms with Gasteiger partial charge in [0.25, 0.3) is 0 Å². The minimum atomic E-state index is -3.53. The predicted octanol–water partition coefficient (Wildman–Crippen LogP) is 1.74. The van der Waals surface area contributed by atoms with Gasteiger partial charge in [-0.25, -0.2) is 13.4 Å². The van der Waals surface area contributed by atoms with E-state index in [9.17, 15) is 13.2 Å². The van der Waals surface area contributed by atoms with E-state index in [0.29, 0.717) is 36.3 Å². The molecular weight excluding hydrogens is 384 g/mol. The highest BCUT2D eigenvalue weighted by molar-refractivity contribution is 7.89. The molecule has 0 bridgehead atoms. The SMILES string of the molecule is O=C(CN1CCN(S(=O)(=O)c2ccc(Cl)cc2)CC1)Nc1nccs1. The Morgan fingerprint density at radius 3 is 2.48 bits per heavy atom. The fraction of sp³-hybridized carbons (Fsp3) is 0.333. The summed E-state index contributed by atoms with van der Waals surface area (Å²) in [6.07, 6.45) is 1.63. The molecule has 10 heteroatoms. The van der Waals surface area contributed by atoms with E-state index >= 15 is 0 Å². The lowest BCUT2D eigenvalue weighted by Crippen LogP contribution is -2.50. The van der Waals surface area contributed by atoms with Crippen molar-refractivity contribution in [1.29, 1.82) is 0 Å². The van der Waals surface area contributed by atoms with Crippen LogP contribution in [0, 0.1) is 0 Å². The van der Waals surface area contributed by atoms with Gasteiger partial charge in [0.05, 0.1) is 11.4 Å². The van der Waals surface area contributed by atoms with Crippen LogP contribution in [-0.2, 0) is 14.8 Å². The second kappa shape index (κ2) is 7.79. The Labute approximate surface area is 155 Å². The maximum atomic E-state index is 12.6. The number of nitrogens with zero attached hydrogens (tertiary/aromatic N) is 3. The number of anilines is 1. The van der Waals surface area contributed by atoms with Crippen LogP contribution in [-0.4, -0.2) is 61.2 Å². The van der Waals surface area contributed by atoms with Crippen molar-refractivity contribution >= 4 is 44.0 Å². The number of amides is 1. The van der Waals surface area contributed by atoms with Gasteiger partial charge in [0.2, 0.25) is 15.9 Å². The van der Waals surface area contributed by atoms with Gasteiger partial charge in [0, 0.05) is 42.8 Å². The molecule has 7 nitrogen and oxygen atoms in total. The molecule has 1 aromatic carbocycles. The summed E-state index contributed by atoms with van der Waals surface area (Å²) in [5.74, 6) is -0.149. The summed E-state index contributed by atoms with van der Waals surface area (Å²) in [7, 11) is -3.53. The maximum Gasteiger partial charge on any atom is 0.243 e. The van der Waals surface area contributed by atoms with Gasteiger partial charge in [-0.15, -0.1) is 11.3 Å². The van der Waals surface area contributed by atoms with Crippen LogP contribution in [0.4, 0.5) is 5.13 Å². The van der Waals surface area contributed by atoms with E-state index in [-0.39, 0.29) is 17.3 Å². The third kappa shape index (κ3) is 4.56. The number of carbonyl (C=O) groups excluding carboxylic acids is 1. The Bertz CT molecular complexity index is 817. The monoisotopic (exact) mass is 400 g/mol. The van der Waals surface area contributed by atoms with E-state index in [1.165, 1.54) is 27.8 Å². The largest absolute Gasteiger partial charge is 0.301 e. The van der Waals surface area contributed by atoms with Crippen LogP contribution in [0.5, 0.6) is 0 Å². The summed E-state index contributed by atoms with van der Waals surface area (Å²) in [6.45, 7) is 1.90. The van der Waals surface area contributed by atoms with Gasteiger partial charge in [0.1, 0.15) is 0 Å². The normalized spacial score (nSPS) is 16.7. The van der Waals surface area contributed by atoms with E-state index < -0.39 is 10.0 Å². The van der Waals surface area contributed by atoms with Crippen LogP contribution in [0.2, 0.25) is 5.02 Å². The summed E-state index contributed by atoms with van der Waals surface area (Å²) < 4.78 is 26.7. The molecular formula is C15H17ClN4O3S2. The van der Waals surface area contributed by atoms with Crippen LogP contribution >= 0.6 is 22.9 Å². The van der Waals surface area contributed by atoms with Gasteiger partial charge in [0.15, 0.2) is 5.13 Å². The van der Waals surface area contributed by atoms with E-state index in [0.717, 1.165) is 0 Å². The molecule has 134 valence electrons. The molecule has 1 fully saturated rings. The minimum Gasteiger partial charge on any atom is -0.301 e. The summed E-state index contributed by atoms with van der Waals surface area (Å²) >= 11 is 7.17. The zero-order chi connectivity index (χ0) is 17.9. The van der Waals surface area contributed by atoms with Crippen LogP contribution in [0.3, 0.4) is 0 Å². The lowest BCUT2D eigenvalue weighted by molar-refractivity contribution is -0.117. The van der Waals surface area contributed by atoms with Gasteiger partial charge in [-0.05, 0) is 24.3 Å². The first-order valence-corrected chi connectivity index (χ1v) is 10.3. The highest BCUT2D eigenvalue weighted by Gasteiger charge is 2.29. The summed E-state index contributed by atoms with van der Waals surface area (Å²) in [6, 6.07) is 6.14. The molecule has 1 aliphatic heterocycles. The van der Waals surface area contributed by atoms with Crippen LogP contribution in [0.1, 0.15) is 0 Å². The quantitative estimate of drug-likeness (QED) is 0.826. The molecule has 0 radical (unpaired) electrons. The average Bonchev–Trinajstić information content (AvgIpc) is 3.08. The first-order chi connectivity index (χ1) is 11.9. The molecule has 0 spiro atoms. The lowest BCUT2D eigenvalue weighted by atomic mass is 10.3. The number of thiazole rings is 1. The lowest BCUT2D eigenvalue weighted by Gasteiger charge is -2.33. The van der Waals surface area contributed by atoms with E-state index in [2.05, 4.69) is 10.3 Å². The smallest absolute Gasteiger partial charge is 0.243 e. The molecule has 1 saturated heterocycles. The molecule has 2 aromatic rings. The van der Waals surface area contributed by atoms with Crippen molar-refractivity contribution in [2.45, 2.75) is 4.90 Å². The molecule has 2 heterocycles. The molecule has 1 aromatic heterocycles. The van der Waals surface area contributed by atoms with Gasteiger partial charge in [-0.2, -0.15) is 4.31 Å².